The topological polar surface area (TPSA) is 34.0 Å². The van der Waals surface area contributed by atoms with Gasteiger partial charge in [-0.25, -0.2) is 4.99 Å². The maximum atomic E-state index is 6.00. The fourth-order valence-electron chi connectivity index (χ4n) is 3.01. The maximum absolute atomic E-state index is 6.00. The van der Waals surface area contributed by atoms with Crippen LogP contribution < -0.4 is 4.74 Å². The number of hydrogen-bond donors (Lipinski definition) is 0. The van der Waals surface area contributed by atoms with Crippen LogP contribution in [-0.2, 0) is 6.42 Å². The lowest BCUT2D eigenvalue weighted by atomic mass is 9.94. The summed E-state index contributed by atoms with van der Waals surface area (Å²) in [6.45, 7) is 4.36. The molecule has 0 aromatic heterocycles. The number of rotatable bonds is 2. The third-order valence-corrected chi connectivity index (χ3v) is 4.85. The molecule has 0 spiro atoms. The van der Waals surface area contributed by atoms with E-state index in [0.29, 0.717) is 22.6 Å². The Balaban J connectivity index is 1.68. The molecule has 24 heavy (non-hydrogen) atoms. The molecule has 0 radical (unpaired) electrons. The van der Waals surface area contributed by atoms with Gasteiger partial charge in [-0.3, -0.25) is 0 Å². The molecule has 0 amide bonds. The quantitative estimate of drug-likeness (QED) is 0.755. The van der Waals surface area contributed by atoms with Crippen molar-refractivity contribution in [2.45, 2.75) is 26.2 Å². The Kier molecular flexibility index (Phi) is 3.77. The van der Waals surface area contributed by atoms with Crippen LogP contribution in [0, 0.1) is 5.92 Å². The molecule has 2 heterocycles. The molecule has 3 nitrogen and oxygen atoms in total. The Hall–Kier alpha value is -2.33. The lowest BCUT2D eigenvalue weighted by Gasteiger charge is -2.28. The monoisotopic (exact) mass is 334 g/mol. The average molecular weight is 334 g/mol. The van der Waals surface area contributed by atoms with Crippen molar-refractivity contribution < 1.29 is 4.74 Å². The van der Waals surface area contributed by atoms with Crippen molar-refractivity contribution in [3.05, 3.63) is 65.2 Å². The predicted molar refractivity (Wildman–Crippen MR) is 101 cm³/mol. The summed E-state index contributed by atoms with van der Waals surface area (Å²) >= 11 is 5.53. The number of amidine groups is 1. The molecule has 2 aliphatic rings. The fourth-order valence-corrected chi connectivity index (χ4v) is 3.29. The van der Waals surface area contributed by atoms with Crippen molar-refractivity contribution in [2.24, 2.45) is 15.9 Å². The third-order valence-electron chi connectivity index (χ3n) is 4.48. The number of hydrogen-bond acceptors (Lipinski definition) is 3. The molecular formula is C20H18N2OS. The van der Waals surface area contributed by atoms with E-state index < -0.39 is 0 Å². The highest BCUT2D eigenvalue weighted by atomic mass is 32.1. The second-order valence-corrected chi connectivity index (χ2v) is 6.89. The molecule has 0 aliphatic carbocycles. The van der Waals surface area contributed by atoms with E-state index in [9.17, 15) is 0 Å². The van der Waals surface area contributed by atoms with Crippen LogP contribution in [0.4, 0.5) is 0 Å². The van der Waals surface area contributed by atoms with Crippen LogP contribution in [0.3, 0.4) is 0 Å². The fraction of sp³-hybridized carbons (Fsp3) is 0.250. The summed E-state index contributed by atoms with van der Waals surface area (Å²) in [4.78, 5) is 9.87. The highest BCUT2D eigenvalue weighted by Crippen LogP contribution is 2.31. The Morgan fingerprint density at radius 3 is 2.54 bits per heavy atom. The van der Waals surface area contributed by atoms with E-state index in [1.54, 1.807) is 0 Å². The SMILES string of the molecule is CC(C)c1ccc(C2=NC(=S)C3Cc4ccccc4OC3=N2)cc1. The number of benzene rings is 2. The molecule has 0 bridgehead atoms. The smallest absolute Gasteiger partial charge is 0.207 e. The maximum Gasteiger partial charge on any atom is 0.207 e. The summed E-state index contributed by atoms with van der Waals surface area (Å²) in [6, 6.07) is 16.4. The summed E-state index contributed by atoms with van der Waals surface area (Å²) in [5.74, 6) is 2.64. The van der Waals surface area contributed by atoms with Crippen LogP contribution in [0.5, 0.6) is 5.75 Å². The minimum Gasteiger partial charge on any atom is -0.442 e. The molecule has 2 aromatic rings. The van der Waals surface area contributed by atoms with Crippen LogP contribution in [0.25, 0.3) is 0 Å². The van der Waals surface area contributed by atoms with Crippen LogP contribution in [0.2, 0.25) is 0 Å². The number of aliphatic imine (C=N–C) groups is 2. The van der Waals surface area contributed by atoms with E-state index in [0.717, 1.165) is 23.3 Å². The van der Waals surface area contributed by atoms with Gasteiger partial charge in [0.1, 0.15) is 10.7 Å². The van der Waals surface area contributed by atoms with E-state index in [-0.39, 0.29) is 5.92 Å². The van der Waals surface area contributed by atoms with E-state index >= 15 is 0 Å². The summed E-state index contributed by atoms with van der Waals surface area (Å²) in [7, 11) is 0. The largest absolute Gasteiger partial charge is 0.442 e. The third kappa shape index (κ3) is 2.67. The second-order valence-electron chi connectivity index (χ2n) is 6.47. The van der Waals surface area contributed by atoms with E-state index in [4.69, 9.17) is 17.0 Å². The average Bonchev–Trinajstić information content (AvgIpc) is 2.60. The van der Waals surface area contributed by atoms with Crippen LogP contribution >= 0.6 is 12.2 Å². The number of nitrogens with zero attached hydrogens (tertiary/aromatic N) is 2. The van der Waals surface area contributed by atoms with Crippen molar-refractivity contribution in [2.75, 3.05) is 0 Å². The van der Waals surface area contributed by atoms with Gasteiger partial charge in [-0.1, -0.05) is 68.5 Å². The number of thiocarbonyl (C=S) groups is 1. The zero-order chi connectivity index (χ0) is 16.7. The van der Waals surface area contributed by atoms with Crippen molar-refractivity contribution in [3.63, 3.8) is 0 Å². The van der Waals surface area contributed by atoms with Crippen LogP contribution in [0.1, 0.15) is 36.5 Å². The molecule has 0 fully saturated rings. The molecule has 1 atom stereocenters. The molecule has 0 N–H and O–H groups in total. The summed E-state index contributed by atoms with van der Waals surface area (Å²) in [6.07, 6.45) is 0.802. The minimum absolute atomic E-state index is 0.0337. The van der Waals surface area contributed by atoms with Gasteiger partial charge in [0.05, 0.1) is 5.92 Å². The van der Waals surface area contributed by atoms with Crippen molar-refractivity contribution in [1.29, 1.82) is 0 Å². The summed E-state index contributed by atoms with van der Waals surface area (Å²) < 4.78 is 6.00. The predicted octanol–water partition coefficient (Wildman–Crippen LogP) is 4.55. The van der Waals surface area contributed by atoms with Gasteiger partial charge in [-0.2, -0.15) is 4.99 Å². The first-order chi connectivity index (χ1) is 11.6. The first-order valence-corrected chi connectivity index (χ1v) is 8.60. The Bertz CT molecular complexity index is 865. The number of para-hydroxylation sites is 1. The van der Waals surface area contributed by atoms with Gasteiger partial charge in [0, 0.05) is 5.56 Å². The first kappa shape index (κ1) is 15.2. The molecule has 0 saturated heterocycles. The van der Waals surface area contributed by atoms with E-state index in [1.807, 2.05) is 18.2 Å². The van der Waals surface area contributed by atoms with Gasteiger partial charge in [-0.15, -0.1) is 0 Å². The van der Waals surface area contributed by atoms with Gasteiger partial charge in [0.2, 0.25) is 5.90 Å². The lowest BCUT2D eigenvalue weighted by Crippen LogP contribution is -2.36. The van der Waals surface area contributed by atoms with Crippen molar-refractivity contribution in [3.8, 4) is 5.75 Å². The number of ether oxygens (including phenoxy) is 1. The van der Waals surface area contributed by atoms with Crippen LogP contribution in [0.15, 0.2) is 58.5 Å². The van der Waals surface area contributed by atoms with Gasteiger partial charge < -0.3 is 4.74 Å². The highest BCUT2D eigenvalue weighted by molar-refractivity contribution is 7.80. The zero-order valence-corrected chi connectivity index (χ0v) is 14.5. The standard InChI is InChI=1S/C20H18N2OS/c1-12(2)13-7-9-14(10-8-13)18-21-19-16(20(24)22-18)11-15-5-3-4-6-17(15)23-19/h3-10,12,16H,11H2,1-2H3. The zero-order valence-electron chi connectivity index (χ0n) is 13.7. The molecule has 120 valence electrons. The van der Waals surface area contributed by atoms with E-state index in [1.165, 1.54) is 5.56 Å². The molecule has 4 rings (SSSR count). The molecular weight excluding hydrogens is 316 g/mol. The first-order valence-electron chi connectivity index (χ1n) is 8.19. The minimum atomic E-state index is -0.0337. The van der Waals surface area contributed by atoms with Crippen molar-refractivity contribution >= 4 is 28.9 Å². The lowest BCUT2D eigenvalue weighted by molar-refractivity contribution is 0.482. The number of fused-ring (bicyclic) bond motifs is 2. The molecule has 2 aliphatic heterocycles. The molecule has 0 saturated carbocycles. The van der Waals surface area contributed by atoms with E-state index in [2.05, 4.69) is 54.2 Å². The molecule has 4 heteroatoms. The Morgan fingerprint density at radius 2 is 1.79 bits per heavy atom. The highest BCUT2D eigenvalue weighted by Gasteiger charge is 2.33. The Morgan fingerprint density at radius 1 is 1.04 bits per heavy atom. The Labute approximate surface area is 147 Å². The molecule has 1 unspecified atom stereocenters. The van der Waals surface area contributed by atoms with Gasteiger partial charge in [0.15, 0.2) is 5.84 Å². The van der Waals surface area contributed by atoms with Gasteiger partial charge in [0.25, 0.3) is 0 Å². The van der Waals surface area contributed by atoms with Crippen LogP contribution in [-0.4, -0.2) is 16.7 Å². The van der Waals surface area contributed by atoms with Gasteiger partial charge in [-0.05, 0) is 29.5 Å². The second kappa shape index (κ2) is 5.95. The normalized spacial score (nSPS) is 19.1. The summed E-state index contributed by atoms with van der Waals surface area (Å²) in [5.41, 5.74) is 3.42. The molecule has 2 aromatic carbocycles. The van der Waals surface area contributed by atoms with Gasteiger partial charge >= 0.3 is 0 Å². The van der Waals surface area contributed by atoms with Crippen molar-refractivity contribution in [1.82, 2.24) is 0 Å². The summed E-state index contributed by atoms with van der Waals surface area (Å²) in [5, 5.41) is 0.